The lowest BCUT2D eigenvalue weighted by Crippen LogP contribution is -2.39. The Morgan fingerprint density at radius 3 is 2.26 bits per heavy atom. The van der Waals surface area contributed by atoms with Crippen LogP contribution in [0.5, 0.6) is 11.5 Å². The third kappa shape index (κ3) is 7.41. The quantitative estimate of drug-likeness (QED) is 0.409. The fourth-order valence-corrected chi connectivity index (χ4v) is 5.62. The number of aliphatic carboxylic acids is 1. The normalized spacial score (nSPS) is 17.3. The predicted octanol–water partition coefficient (Wildman–Crippen LogP) is 4.94. The Bertz CT molecular complexity index is 1040. The molecule has 210 valence electrons. The number of carboxylic acid groups (broad SMARTS) is 1. The molecule has 1 aliphatic carbocycles. The number of amides is 1. The van der Waals surface area contributed by atoms with Gasteiger partial charge in [-0.15, -0.1) is 12.4 Å². The van der Waals surface area contributed by atoms with E-state index in [0.717, 1.165) is 56.6 Å². The fraction of sp³-hybridized carbons (Fsp3) is 0.607. The van der Waals surface area contributed by atoms with Gasteiger partial charge in [0, 0.05) is 12.6 Å². The molecular formula is C28H41ClN4O5. The van der Waals surface area contributed by atoms with Crippen molar-refractivity contribution in [3.05, 3.63) is 30.0 Å². The molecule has 2 heterocycles. The number of nitrogens with one attached hydrogen (secondary N) is 1. The van der Waals surface area contributed by atoms with Crippen LogP contribution in [0.15, 0.2) is 24.3 Å². The van der Waals surface area contributed by atoms with Gasteiger partial charge in [0.15, 0.2) is 5.69 Å². The summed E-state index contributed by atoms with van der Waals surface area (Å²) in [5.41, 5.74) is 1.81. The first-order valence-electron chi connectivity index (χ1n) is 13.6. The molecule has 0 bridgehead atoms. The van der Waals surface area contributed by atoms with Crippen LogP contribution in [0.2, 0.25) is 0 Å². The van der Waals surface area contributed by atoms with E-state index in [1.54, 1.807) is 20.3 Å². The molecule has 0 unspecified atom stereocenters. The highest BCUT2D eigenvalue weighted by atomic mass is 35.5. The van der Waals surface area contributed by atoms with Crippen molar-refractivity contribution in [2.45, 2.75) is 76.3 Å². The summed E-state index contributed by atoms with van der Waals surface area (Å²) in [5, 5.41) is 17.2. The first kappa shape index (κ1) is 29.8. The Morgan fingerprint density at radius 2 is 1.68 bits per heavy atom. The van der Waals surface area contributed by atoms with Gasteiger partial charge in [-0.2, -0.15) is 5.10 Å². The highest BCUT2D eigenvalue weighted by Gasteiger charge is 2.28. The number of nitrogens with zero attached hydrogens (tertiary/aromatic N) is 3. The van der Waals surface area contributed by atoms with E-state index in [1.807, 2.05) is 22.9 Å². The number of aromatic nitrogens is 2. The third-order valence-electron chi connectivity index (χ3n) is 7.57. The predicted molar refractivity (Wildman–Crippen MR) is 149 cm³/mol. The zero-order valence-corrected chi connectivity index (χ0v) is 23.3. The lowest BCUT2D eigenvalue weighted by molar-refractivity contribution is -0.137. The molecule has 0 spiro atoms. The van der Waals surface area contributed by atoms with E-state index >= 15 is 0 Å². The van der Waals surface area contributed by atoms with Gasteiger partial charge < -0.3 is 24.8 Å². The maximum Gasteiger partial charge on any atom is 0.305 e. The Morgan fingerprint density at radius 1 is 1.05 bits per heavy atom. The van der Waals surface area contributed by atoms with Crippen molar-refractivity contribution >= 4 is 24.3 Å². The molecule has 38 heavy (non-hydrogen) atoms. The van der Waals surface area contributed by atoms with Gasteiger partial charge in [0.05, 0.1) is 37.9 Å². The molecule has 1 aromatic carbocycles. The lowest BCUT2D eigenvalue weighted by atomic mass is 10.1. The standard InChI is InChI=1S/C28H40N4O5.ClH/c1-36-24-12-9-13-25(37-2)27(24)23-19-22(30-32(23)21-10-5-6-11-21)28(35)29-20(18-26(33)34)14-17-31-15-7-3-4-8-16-31;/h9,12-13,19-21H,3-8,10-11,14-18H2,1-2H3,(H,29,35)(H,33,34);1H/t20-;/m0./s1. The average molecular weight is 549 g/mol. The molecule has 0 radical (unpaired) electrons. The van der Waals surface area contributed by atoms with Crippen molar-refractivity contribution < 1.29 is 24.2 Å². The van der Waals surface area contributed by atoms with Crippen LogP contribution in [0.4, 0.5) is 0 Å². The van der Waals surface area contributed by atoms with Gasteiger partial charge >= 0.3 is 5.97 Å². The average Bonchev–Trinajstić information content (AvgIpc) is 3.51. The topological polar surface area (TPSA) is 106 Å². The highest BCUT2D eigenvalue weighted by molar-refractivity contribution is 5.94. The molecule has 1 saturated carbocycles. The minimum atomic E-state index is -0.919. The number of likely N-dealkylation sites (tertiary alicyclic amines) is 1. The van der Waals surface area contributed by atoms with Gasteiger partial charge in [-0.05, 0) is 63.4 Å². The third-order valence-corrected chi connectivity index (χ3v) is 7.57. The monoisotopic (exact) mass is 548 g/mol. The van der Waals surface area contributed by atoms with Crippen LogP contribution in [-0.2, 0) is 4.79 Å². The van der Waals surface area contributed by atoms with Gasteiger partial charge in [0.1, 0.15) is 11.5 Å². The van der Waals surface area contributed by atoms with Crippen LogP contribution < -0.4 is 14.8 Å². The number of halogens is 1. The minimum Gasteiger partial charge on any atom is -0.496 e. The summed E-state index contributed by atoms with van der Waals surface area (Å²) in [6.45, 7) is 2.84. The molecular weight excluding hydrogens is 508 g/mol. The number of carboxylic acids is 1. The number of carbonyl (C=O) groups excluding carboxylic acids is 1. The number of benzene rings is 1. The summed E-state index contributed by atoms with van der Waals surface area (Å²) in [6.07, 6.45) is 9.52. The van der Waals surface area contributed by atoms with Crippen LogP contribution in [0.1, 0.15) is 80.7 Å². The zero-order valence-electron chi connectivity index (χ0n) is 22.5. The Hall–Kier alpha value is -2.78. The smallest absolute Gasteiger partial charge is 0.305 e. The van der Waals surface area contributed by atoms with Crippen LogP contribution in [0, 0.1) is 0 Å². The summed E-state index contributed by atoms with van der Waals surface area (Å²) in [7, 11) is 3.23. The molecule has 1 aromatic heterocycles. The number of hydrogen-bond acceptors (Lipinski definition) is 6. The summed E-state index contributed by atoms with van der Waals surface area (Å²) in [5.74, 6) is 0.0180. The molecule has 1 saturated heterocycles. The Labute approximate surface area is 231 Å². The van der Waals surface area contributed by atoms with Gasteiger partial charge in [-0.25, -0.2) is 0 Å². The molecule has 1 amide bonds. The number of carbonyl (C=O) groups is 2. The second-order valence-electron chi connectivity index (χ2n) is 10.1. The van der Waals surface area contributed by atoms with Crippen LogP contribution in [-0.4, -0.2) is 71.6 Å². The Balaban J connectivity index is 0.00000400. The summed E-state index contributed by atoms with van der Waals surface area (Å²) >= 11 is 0. The maximum atomic E-state index is 13.4. The number of rotatable bonds is 11. The summed E-state index contributed by atoms with van der Waals surface area (Å²) < 4.78 is 13.2. The van der Waals surface area contributed by atoms with Crippen molar-refractivity contribution in [3.8, 4) is 22.8 Å². The first-order valence-corrected chi connectivity index (χ1v) is 13.6. The molecule has 2 aromatic rings. The largest absolute Gasteiger partial charge is 0.496 e. The van der Waals surface area contributed by atoms with Crippen molar-refractivity contribution in [1.82, 2.24) is 20.0 Å². The van der Waals surface area contributed by atoms with Crippen molar-refractivity contribution in [2.75, 3.05) is 33.9 Å². The number of ether oxygens (including phenoxy) is 2. The number of methoxy groups -OCH3 is 2. The van der Waals surface area contributed by atoms with Crippen molar-refractivity contribution in [3.63, 3.8) is 0 Å². The highest BCUT2D eigenvalue weighted by Crippen LogP contribution is 2.41. The van der Waals surface area contributed by atoms with E-state index < -0.39 is 12.0 Å². The zero-order chi connectivity index (χ0) is 26.2. The molecule has 4 rings (SSSR count). The Kier molecular flexibility index (Phi) is 11.3. The van der Waals surface area contributed by atoms with E-state index in [9.17, 15) is 14.7 Å². The minimum absolute atomic E-state index is 0. The van der Waals surface area contributed by atoms with Crippen LogP contribution >= 0.6 is 12.4 Å². The van der Waals surface area contributed by atoms with Crippen LogP contribution in [0.25, 0.3) is 11.3 Å². The SMILES string of the molecule is COc1cccc(OC)c1-c1cc(C(=O)N[C@@H](CCN2CCCCCC2)CC(=O)O)nn1C1CCCC1.Cl. The molecule has 2 N–H and O–H groups in total. The molecule has 9 nitrogen and oxygen atoms in total. The second kappa shape index (κ2) is 14.4. The van der Waals surface area contributed by atoms with Gasteiger partial charge in [-0.1, -0.05) is 31.7 Å². The fourth-order valence-electron chi connectivity index (χ4n) is 5.62. The second-order valence-corrected chi connectivity index (χ2v) is 10.1. The van der Waals surface area contributed by atoms with Crippen LogP contribution in [0.3, 0.4) is 0 Å². The molecule has 2 aliphatic rings. The molecule has 10 heteroatoms. The lowest BCUT2D eigenvalue weighted by Gasteiger charge is -2.23. The van der Waals surface area contributed by atoms with E-state index in [1.165, 1.54) is 25.7 Å². The summed E-state index contributed by atoms with van der Waals surface area (Å²) in [6, 6.07) is 7.11. The van der Waals surface area contributed by atoms with Gasteiger partial charge in [0.2, 0.25) is 0 Å². The first-order chi connectivity index (χ1) is 18.0. The van der Waals surface area contributed by atoms with E-state index in [4.69, 9.17) is 14.6 Å². The van der Waals surface area contributed by atoms with E-state index in [-0.39, 0.29) is 36.5 Å². The maximum absolute atomic E-state index is 13.4. The number of hydrogen-bond donors (Lipinski definition) is 2. The van der Waals surface area contributed by atoms with Crippen molar-refractivity contribution in [2.24, 2.45) is 0 Å². The van der Waals surface area contributed by atoms with Gasteiger partial charge in [0.25, 0.3) is 5.91 Å². The van der Waals surface area contributed by atoms with Crippen molar-refractivity contribution in [1.29, 1.82) is 0 Å². The summed E-state index contributed by atoms with van der Waals surface area (Å²) in [4.78, 5) is 27.4. The van der Waals surface area contributed by atoms with Gasteiger partial charge in [-0.3, -0.25) is 14.3 Å². The molecule has 1 atom stereocenters. The van der Waals surface area contributed by atoms with E-state index in [0.29, 0.717) is 17.9 Å². The molecule has 2 fully saturated rings. The van der Waals surface area contributed by atoms with E-state index in [2.05, 4.69) is 10.2 Å². The molecule has 1 aliphatic heterocycles.